The van der Waals surface area contributed by atoms with E-state index in [1.54, 1.807) is 18.3 Å². The lowest BCUT2D eigenvalue weighted by Crippen LogP contribution is -2.30. The van der Waals surface area contributed by atoms with Gasteiger partial charge in [0.1, 0.15) is 5.82 Å². The molecule has 3 aromatic rings. The number of ether oxygens (including phenoxy) is 1. The van der Waals surface area contributed by atoms with Gasteiger partial charge in [-0.25, -0.2) is 9.37 Å². The van der Waals surface area contributed by atoms with Crippen LogP contribution in [0.2, 0.25) is 0 Å². The molecule has 0 radical (unpaired) electrons. The van der Waals surface area contributed by atoms with Crippen LogP contribution >= 0.6 is 11.3 Å². The van der Waals surface area contributed by atoms with Crippen LogP contribution in [0.4, 0.5) is 4.39 Å². The summed E-state index contributed by atoms with van der Waals surface area (Å²) in [6.07, 6.45) is 4.22. The number of benzene rings is 1. The Balaban J connectivity index is 1.35. The fraction of sp³-hybridized carbons (Fsp3) is 0.235. The van der Waals surface area contributed by atoms with E-state index in [-0.39, 0.29) is 24.8 Å². The van der Waals surface area contributed by atoms with Crippen LogP contribution in [0.25, 0.3) is 4.96 Å². The van der Waals surface area contributed by atoms with Crippen molar-refractivity contribution < 1.29 is 18.7 Å². The summed E-state index contributed by atoms with van der Waals surface area (Å²) in [6.45, 7) is 0.0593. The third-order valence-corrected chi connectivity index (χ3v) is 4.25. The zero-order valence-corrected chi connectivity index (χ0v) is 14.1. The Morgan fingerprint density at radius 1 is 1.28 bits per heavy atom. The van der Waals surface area contributed by atoms with E-state index in [4.69, 9.17) is 4.74 Å². The molecule has 0 unspecified atom stereocenters. The van der Waals surface area contributed by atoms with Gasteiger partial charge in [-0.05, 0) is 24.1 Å². The number of aromatic nitrogens is 2. The molecule has 130 valence electrons. The van der Waals surface area contributed by atoms with Gasteiger partial charge in [0.25, 0.3) is 5.91 Å². The van der Waals surface area contributed by atoms with Gasteiger partial charge in [-0.15, -0.1) is 11.3 Å². The summed E-state index contributed by atoms with van der Waals surface area (Å²) >= 11 is 1.48. The Bertz CT molecular complexity index is 844. The van der Waals surface area contributed by atoms with Gasteiger partial charge in [0.05, 0.1) is 12.1 Å². The molecule has 0 aliphatic heterocycles. The van der Waals surface area contributed by atoms with E-state index in [9.17, 15) is 14.0 Å². The number of nitrogens with one attached hydrogen (secondary N) is 1. The molecular formula is C17H16FN3O3S. The molecule has 0 fully saturated rings. The number of esters is 1. The number of amides is 1. The highest BCUT2D eigenvalue weighted by Crippen LogP contribution is 2.11. The molecule has 0 aliphatic rings. The zero-order valence-electron chi connectivity index (χ0n) is 13.3. The standard InChI is InChI=1S/C17H16FN3O3S/c18-13-3-1-12(2-4-13)5-6-19-15(22)11-24-16(23)9-14-10-21-7-8-25-17(21)20-14/h1-4,7-8,10H,5-6,9,11H2,(H,19,22). The molecule has 0 saturated heterocycles. The van der Waals surface area contributed by atoms with E-state index in [1.807, 2.05) is 16.0 Å². The third kappa shape index (κ3) is 4.87. The van der Waals surface area contributed by atoms with Crippen molar-refractivity contribution in [2.45, 2.75) is 12.8 Å². The molecular weight excluding hydrogens is 345 g/mol. The maximum atomic E-state index is 12.8. The monoisotopic (exact) mass is 361 g/mol. The fourth-order valence-corrected chi connectivity index (χ4v) is 2.97. The van der Waals surface area contributed by atoms with Gasteiger partial charge in [0.2, 0.25) is 0 Å². The van der Waals surface area contributed by atoms with Crippen LogP contribution in [0.1, 0.15) is 11.3 Å². The highest BCUT2D eigenvalue weighted by atomic mass is 32.1. The Morgan fingerprint density at radius 3 is 2.84 bits per heavy atom. The number of carbonyl (C=O) groups excluding carboxylic acids is 2. The smallest absolute Gasteiger partial charge is 0.312 e. The average molecular weight is 361 g/mol. The minimum Gasteiger partial charge on any atom is -0.455 e. The van der Waals surface area contributed by atoms with Crippen molar-refractivity contribution in [3.8, 4) is 0 Å². The number of thiazole rings is 1. The number of nitrogens with zero attached hydrogens (tertiary/aromatic N) is 2. The lowest BCUT2D eigenvalue weighted by atomic mass is 10.1. The molecule has 0 aliphatic carbocycles. The molecule has 1 amide bonds. The van der Waals surface area contributed by atoms with Crippen LogP contribution in [-0.4, -0.2) is 34.4 Å². The van der Waals surface area contributed by atoms with Crippen LogP contribution in [0, 0.1) is 5.82 Å². The molecule has 0 bridgehead atoms. The SMILES string of the molecule is O=C(COC(=O)Cc1cn2ccsc2n1)NCCc1ccc(F)cc1. The normalized spacial score (nSPS) is 10.8. The highest BCUT2D eigenvalue weighted by Gasteiger charge is 2.11. The second kappa shape index (κ2) is 7.89. The minimum absolute atomic E-state index is 0.0251. The molecule has 0 atom stereocenters. The average Bonchev–Trinajstić information content (AvgIpc) is 3.16. The Hall–Kier alpha value is -2.74. The number of fused-ring (bicyclic) bond motifs is 1. The fourth-order valence-electron chi connectivity index (χ4n) is 2.25. The molecule has 8 heteroatoms. The topological polar surface area (TPSA) is 72.7 Å². The molecule has 0 spiro atoms. The number of hydrogen-bond donors (Lipinski definition) is 1. The summed E-state index contributed by atoms with van der Waals surface area (Å²) in [7, 11) is 0. The van der Waals surface area contributed by atoms with Gasteiger partial charge < -0.3 is 10.1 Å². The molecule has 25 heavy (non-hydrogen) atoms. The predicted octanol–water partition coefficient (Wildman–Crippen LogP) is 1.98. The van der Waals surface area contributed by atoms with Crippen molar-refractivity contribution in [3.05, 3.63) is 59.1 Å². The number of halogens is 1. The van der Waals surface area contributed by atoms with Crippen molar-refractivity contribution in [1.82, 2.24) is 14.7 Å². The van der Waals surface area contributed by atoms with Crippen molar-refractivity contribution >= 4 is 28.2 Å². The quantitative estimate of drug-likeness (QED) is 0.653. The van der Waals surface area contributed by atoms with E-state index in [1.165, 1.54) is 23.5 Å². The van der Waals surface area contributed by atoms with Crippen LogP contribution in [0.5, 0.6) is 0 Å². The van der Waals surface area contributed by atoms with Crippen LogP contribution in [0.15, 0.2) is 42.0 Å². The Labute approximate surface area is 147 Å². The second-order valence-corrected chi connectivity index (χ2v) is 6.26. The first kappa shape index (κ1) is 17.1. The maximum Gasteiger partial charge on any atom is 0.312 e. The summed E-state index contributed by atoms with van der Waals surface area (Å²) in [5, 5.41) is 4.56. The van der Waals surface area contributed by atoms with Gasteiger partial charge >= 0.3 is 5.97 Å². The largest absolute Gasteiger partial charge is 0.455 e. The summed E-state index contributed by atoms with van der Waals surface area (Å²) < 4.78 is 19.6. The molecule has 0 saturated carbocycles. The van der Waals surface area contributed by atoms with E-state index in [0.717, 1.165) is 10.5 Å². The number of rotatable bonds is 7. The lowest BCUT2D eigenvalue weighted by molar-refractivity contribution is -0.147. The summed E-state index contributed by atoms with van der Waals surface area (Å²) in [5.74, 6) is -1.17. The van der Waals surface area contributed by atoms with Crippen LogP contribution in [0.3, 0.4) is 0 Å². The number of hydrogen-bond acceptors (Lipinski definition) is 5. The maximum absolute atomic E-state index is 12.8. The van der Waals surface area contributed by atoms with Crippen molar-refractivity contribution in [2.24, 2.45) is 0 Å². The molecule has 6 nitrogen and oxygen atoms in total. The second-order valence-electron chi connectivity index (χ2n) is 5.39. The predicted molar refractivity (Wildman–Crippen MR) is 90.8 cm³/mol. The summed E-state index contributed by atoms with van der Waals surface area (Å²) in [6, 6.07) is 6.08. The van der Waals surface area contributed by atoms with Gasteiger partial charge in [0.15, 0.2) is 11.6 Å². The van der Waals surface area contributed by atoms with E-state index in [2.05, 4.69) is 10.3 Å². The van der Waals surface area contributed by atoms with Gasteiger partial charge in [-0.2, -0.15) is 0 Å². The lowest BCUT2D eigenvalue weighted by Gasteiger charge is -2.06. The van der Waals surface area contributed by atoms with E-state index in [0.29, 0.717) is 18.7 Å². The zero-order chi connectivity index (χ0) is 17.6. The molecule has 1 N–H and O–H groups in total. The molecule has 1 aromatic carbocycles. The van der Waals surface area contributed by atoms with Crippen LogP contribution < -0.4 is 5.32 Å². The van der Waals surface area contributed by atoms with Crippen LogP contribution in [-0.2, 0) is 27.2 Å². The molecule has 2 aromatic heterocycles. The third-order valence-electron chi connectivity index (χ3n) is 3.48. The van der Waals surface area contributed by atoms with Gasteiger partial charge in [-0.3, -0.25) is 14.0 Å². The van der Waals surface area contributed by atoms with Gasteiger partial charge in [0, 0.05) is 24.3 Å². The number of carbonyl (C=O) groups is 2. The van der Waals surface area contributed by atoms with Crippen molar-refractivity contribution in [3.63, 3.8) is 0 Å². The molecule has 3 rings (SSSR count). The van der Waals surface area contributed by atoms with E-state index >= 15 is 0 Å². The summed E-state index contributed by atoms with van der Waals surface area (Å²) in [5.41, 5.74) is 1.52. The Morgan fingerprint density at radius 2 is 2.08 bits per heavy atom. The first-order chi connectivity index (χ1) is 12.1. The minimum atomic E-state index is -0.501. The highest BCUT2D eigenvalue weighted by molar-refractivity contribution is 7.15. The van der Waals surface area contributed by atoms with Crippen molar-refractivity contribution in [1.29, 1.82) is 0 Å². The Kier molecular flexibility index (Phi) is 5.39. The van der Waals surface area contributed by atoms with E-state index < -0.39 is 5.97 Å². The van der Waals surface area contributed by atoms with Crippen molar-refractivity contribution in [2.75, 3.05) is 13.2 Å². The van der Waals surface area contributed by atoms with Gasteiger partial charge in [-0.1, -0.05) is 12.1 Å². The summed E-state index contributed by atoms with van der Waals surface area (Å²) in [4.78, 5) is 28.5. The number of imidazole rings is 1. The molecule has 2 heterocycles. The first-order valence-electron chi connectivity index (χ1n) is 7.68. The first-order valence-corrected chi connectivity index (χ1v) is 8.56.